The number of carbonyl (C=O) groups excluding carboxylic acids is 1. The average Bonchev–Trinajstić information content (AvgIpc) is 2.84. The number of oxime groups is 1. The van der Waals surface area contributed by atoms with Gasteiger partial charge in [0, 0.05) is 19.3 Å². The van der Waals surface area contributed by atoms with Gasteiger partial charge in [0.15, 0.2) is 5.84 Å². The van der Waals surface area contributed by atoms with Crippen LogP contribution in [0.4, 0.5) is 0 Å². The Kier molecular flexibility index (Phi) is 5.11. The van der Waals surface area contributed by atoms with Crippen LogP contribution in [-0.2, 0) is 4.79 Å². The number of thioether (sulfide) groups is 1. The number of nitrogens with zero attached hydrogens (tertiary/aromatic N) is 2. The Bertz CT molecular complexity index is 301. The number of hydrogen-bond donors (Lipinski definition) is 2. The molecule has 0 spiro atoms. The zero-order valence-electron chi connectivity index (χ0n) is 10.5. The van der Waals surface area contributed by atoms with E-state index in [2.05, 4.69) is 5.16 Å². The Morgan fingerprint density at radius 2 is 2.12 bits per heavy atom. The Balaban J connectivity index is 2.81. The van der Waals surface area contributed by atoms with E-state index in [-0.39, 0.29) is 11.7 Å². The highest BCUT2D eigenvalue weighted by molar-refractivity contribution is 7.98. The average molecular weight is 259 g/mol. The molecule has 3 N–H and O–H groups in total. The minimum Gasteiger partial charge on any atom is -0.409 e. The number of amides is 1. The largest absolute Gasteiger partial charge is 0.409 e. The summed E-state index contributed by atoms with van der Waals surface area (Å²) in [6.45, 7) is 0.695. The summed E-state index contributed by atoms with van der Waals surface area (Å²) in [5.74, 6) is 0.949. The van der Waals surface area contributed by atoms with E-state index in [0.29, 0.717) is 19.4 Å². The third kappa shape index (κ3) is 2.86. The van der Waals surface area contributed by atoms with E-state index in [9.17, 15) is 4.79 Å². The van der Waals surface area contributed by atoms with Gasteiger partial charge in [0.25, 0.3) is 0 Å². The van der Waals surface area contributed by atoms with E-state index in [0.717, 1.165) is 18.6 Å². The van der Waals surface area contributed by atoms with Gasteiger partial charge in [0.2, 0.25) is 5.91 Å². The van der Waals surface area contributed by atoms with Crippen LogP contribution in [0.5, 0.6) is 0 Å². The molecule has 1 rings (SSSR count). The summed E-state index contributed by atoms with van der Waals surface area (Å²) in [6, 6.07) is 0. The summed E-state index contributed by atoms with van der Waals surface area (Å²) in [5.41, 5.74) is 4.97. The number of nitrogens with two attached hydrogens (primary N) is 1. The fraction of sp³-hybridized carbons (Fsp3) is 0.818. The van der Waals surface area contributed by atoms with E-state index >= 15 is 0 Å². The summed E-state index contributed by atoms with van der Waals surface area (Å²) in [6.07, 6.45) is 5.29. The first kappa shape index (κ1) is 14.2. The quantitative estimate of drug-likeness (QED) is 0.335. The van der Waals surface area contributed by atoms with E-state index in [1.54, 1.807) is 23.7 Å². The van der Waals surface area contributed by atoms with Crippen molar-refractivity contribution in [2.75, 3.05) is 25.6 Å². The maximum atomic E-state index is 12.4. The second-order valence-corrected chi connectivity index (χ2v) is 5.48. The molecule has 1 amide bonds. The van der Waals surface area contributed by atoms with Gasteiger partial charge in [0.05, 0.1) is 0 Å². The van der Waals surface area contributed by atoms with Gasteiger partial charge in [-0.1, -0.05) is 18.0 Å². The Morgan fingerprint density at radius 1 is 1.53 bits per heavy atom. The molecule has 0 aromatic rings. The molecule has 0 saturated heterocycles. The maximum absolute atomic E-state index is 12.4. The van der Waals surface area contributed by atoms with Crippen molar-refractivity contribution in [3.8, 4) is 0 Å². The molecule has 0 aromatic carbocycles. The standard InChI is InChI=1S/C11H21N3O2S/c1-14(7-8-17-2)10(15)11(9(12)13-16)5-3-4-6-11/h16H,3-8H2,1-2H3,(H2,12,13). The molecule has 5 nitrogen and oxygen atoms in total. The van der Waals surface area contributed by atoms with Gasteiger partial charge >= 0.3 is 0 Å². The topological polar surface area (TPSA) is 78.9 Å². The maximum Gasteiger partial charge on any atom is 0.236 e. The van der Waals surface area contributed by atoms with Crippen molar-refractivity contribution >= 4 is 23.5 Å². The van der Waals surface area contributed by atoms with Gasteiger partial charge < -0.3 is 15.8 Å². The Hall–Kier alpha value is -0.910. The van der Waals surface area contributed by atoms with Crippen molar-refractivity contribution < 1.29 is 10.0 Å². The van der Waals surface area contributed by atoms with Crippen molar-refractivity contribution in [1.29, 1.82) is 0 Å². The third-order valence-electron chi connectivity index (χ3n) is 3.44. The van der Waals surface area contributed by atoms with Crippen LogP contribution in [0.3, 0.4) is 0 Å². The third-order valence-corrected chi connectivity index (χ3v) is 4.03. The minimum atomic E-state index is -0.762. The first-order valence-electron chi connectivity index (χ1n) is 5.81. The molecular formula is C11H21N3O2S. The molecule has 0 heterocycles. The molecule has 0 bridgehead atoms. The summed E-state index contributed by atoms with van der Waals surface area (Å²) in [4.78, 5) is 14.1. The van der Waals surface area contributed by atoms with Crippen molar-refractivity contribution in [1.82, 2.24) is 4.90 Å². The van der Waals surface area contributed by atoms with Crippen LogP contribution in [0.25, 0.3) is 0 Å². The fourth-order valence-corrected chi connectivity index (χ4v) is 2.81. The van der Waals surface area contributed by atoms with Crippen LogP contribution in [0, 0.1) is 5.41 Å². The number of rotatable bonds is 5. The van der Waals surface area contributed by atoms with E-state index in [1.165, 1.54) is 0 Å². The van der Waals surface area contributed by atoms with Crippen molar-refractivity contribution in [3.05, 3.63) is 0 Å². The SMILES string of the molecule is CSCCN(C)C(=O)C1(C(N)=NO)CCCC1. The minimum absolute atomic E-state index is 0.0145. The monoisotopic (exact) mass is 259 g/mol. The molecule has 0 aliphatic heterocycles. The lowest BCUT2D eigenvalue weighted by Crippen LogP contribution is -2.49. The number of amidine groups is 1. The Labute approximate surface area is 106 Å². The molecule has 0 atom stereocenters. The second kappa shape index (κ2) is 6.14. The van der Waals surface area contributed by atoms with Crippen LogP contribution in [0.15, 0.2) is 5.16 Å². The first-order valence-corrected chi connectivity index (χ1v) is 7.20. The van der Waals surface area contributed by atoms with E-state index < -0.39 is 5.41 Å². The number of hydrogen-bond acceptors (Lipinski definition) is 4. The summed E-state index contributed by atoms with van der Waals surface area (Å²) >= 11 is 1.70. The lowest BCUT2D eigenvalue weighted by atomic mass is 9.83. The molecule has 0 radical (unpaired) electrons. The smallest absolute Gasteiger partial charge is 0.236 e. The molecule has 98 valence electrons. The molecule has 0 aromatic heterocycles. The zero-order valence-corrected chi connectivity index (χ0v) is 11.3. The molecule has 17 heavy (non-hydrogen) atoms. The van der Waals surface area contributed by atoms with E-state index in [4.69, 9.17) is 10.9 Å². The highest BCUT2D eigenvalue weighted by atomic mass is 32.2. The number of carbonyl (C=O) groups is 1. The van der Waals surface area contributed by atoms with Crippen molar-refractivity contribution in [2.24, 2.45) is 16.3 Å². The van der Waals surface area contributed by atoms with Crippen LogP contribution in [0.1, 0.15) is 25.7 Å². The molecule has 1 fully saturated rings. The van der Waals surface area contributed by atoms with Gasteiger partial charge in [0.1, 0.15) is 5.41 Å². The van der Waals surface area contributed by atoms with Gasteiger partial charge in [-0.15, -0.1) is 0 Å². The van der Waals surface area contributed by atoms with Gasteiger partial charge in [-0.05, 0) is 19.1 Å². The molecule has 1 aliphatic carbocycles. The van der Waals surface area contributed by atoms with Crippen LogP contribution in [-0.4, -0.2) is 47.5 Å². The van der Waals surface area contributed by atoms with Crippen LogP contribution in [0.2, 0.25) is 0 Å². The van der Waals surface area contributed by atoms with Crippen molar-refractivity contribution in [2.45, 2.75) is 25.7 Å². The van der Waals surface area contributed by atoms with Gasteiger partial charge in [-0.2, -0.15) is 11.8 Å². The molecular weight excluding hydrogens is 238 g/mol. The highest BCUT2D eigenvalue weighted by Gasteiger charge is 2.46. The summed E-state index contributed by atoms with van der Waals surface area (Å²) in [7, 11) is 1.78. The second-order valence-electron chi connectivity index (χ2n) is 4.49. The van der Waals surface area contributed by atoms with Gasteiger partial charge in [-0.25, -0.2) is 0 Å². The predicted octanol–water partition coefficient (Wildman–Crippen LogP) is 1.11. The van der Waals surface area contributed by atoms with Crippen LogP contribution >= 0.6 is 11.8 Å². The lowest BCUT2D eigenvalue weighted by Gasteiger charge is -2.31. The zero-order chi connectivity index (χ0) is 12.9. The van der Waals surface area contributed by atoms with Crippen LogP contribution < -0.4 is 5.73 Å². The molecule has 1 saturated carbocycles. The Morgan fingerprint density at radius 3 is 2.59 bits per heavy atom. The molecule has 6 heteroatoms. The normalized spacial score (nSPS) is 19.3. The lowest BCUT2D eigenvalue weighted by molar-refractivity contribution is -0.136. The first-order chi connectivity index (χ1) is 8.08. The predicted molar refractivity (Wildman–Crippen MR) is 70.3 cm³/mol. The molecule has 0 unspecified atom stereocenters. The summed E-state index contributed by atoms with van der Waals surface area (Å²) in [5, 5.41) is 11.9. The van der Waals surface area contributed by atoms with Crippen molar-refractivity contribution in [3.63, 3.8) is 0 Å². The molecule has 1 aliphatic rings. The highest BCUT2D eigenvalue weighted by Crippen LogP contribution is 2.39. The van der Waals surface area contributed by atoms with E-state index in [1.807, 2.05) is 6.26 Å². The fourth-order valence-electron chi connectivity index (χ4n) is 2.35. The van der Waals surface area contributed by atoms with Gasteiger partial charge in [-0.3, -0.25) is 4.79 Å². The summed E-state index contributed by atoms with van der Waals surface area (Å²) < 4.78 is 0.